The van der Waals surface area contributed by atoms with Gasteiger partial charge in [-0.05, 0) is 68.8 Å². The number of nitrogens with zero attached hydrogens (tertiary/aromatic N) is 1. The summed E-state index contributed by atoms with van der Waals surface area (Å²) < 4.78 is 0. The number of hydrogen-bond donors (Lipinski definition) is 2. The SMILES string of the molecule is Cc1ccc(-c2[nH]ncc2CNC23CC4CC(CC(C4)C2)C3)cc1. The summed E-state index contributed by atoms with van der Waals surface area (Å²) in [4.78, 5) is 0. The van der Waals surface area contributed by atoms with Crippen molar-refractivity contribution in [3.05, 3.63) is 41.6 Å². The fourth-order valence-corrected chi connectivity index (χ4v) is 6.03. The molecule has 4 fully saturated rings. The Morgan fingerprint density at radius 3 is 2.29 bits per heavy atom. The Morgan fingerprint density at radius 1 is 1.04 bits per heavy atom. The maximum absolute atomic E-state index is 4.32. The maximum Gasteiger partial charge on any atom is 0.0695 e. The van der Waals surface area contributed by atoms with Gasteiger partial charge in [-0.2, -0.15) is 5.10 Å². The van der Waals surface area contributed by atoms with Crippen LogP contribution in [-0.4, -0.2) is 15.7 Å². The van der Waals surface area contributed by atoms with Crippen molar-refractivity contribution in [2.45, 2.75) is 57.5 Å². The molecule has 3 nitrogen and oxygen atoms in total. The summed E-state index contributed by atoms with van der Waals surface area (Å²) in [6.45, 7) is 3.07. The van der Waals surface area contributed by atoms with E-state index in [2.05, 4.69) is 46.7 Å². The smallest absolute Gasteiger partial charge is 0.0695 e. The lowest BCUT2D eigenvalue weighted by Crippen LogP contribution is -2.58. The largest absolute Gasteiger partial charge is 0.307 e. The summed E-state index contributed by atoms with van der Waals surface area (Å²) >= 11 is 0. The summed E-state index contributed by atoms with van der Waals surface area (Å²) in [6.07, 6.45) is 10.7. The Balaban J connectivity index is 1.34. The molecule has 0 radical (unpaired) electrons. The first-order valence-electron chi connectivity index (χ1n) is 9.53. The van der Waals surface area contributed by atoms with Crippen LogP contribution in [-0.2, 0) is 6.54 Å². The van der Waals surface area contributed by atoms with Gasteiger partial charge in [0.25, 0.3) is 0 Å². The fourth-order valence-electron chi connectivity index (χ4n) is 6.03. The van der Waals surface area contributed by atoms with Gasteiger partial charge in [-0.15, -0.1) is 0 Å². The Bertz CT molecular complexity index is 693. The summed E-state index contributed by atoms with van der Waals surface area (Å²) in [7, 11) is 0. The van der Waals surface area contributed by atoms with E-state index in [0.717, 1.165) is 24.3 Å². The third-order valence-corrected chi connectivity index (χ3v) is 6.75. The van der Waals surface area contributed by atoms with E-state index in [1.165, 1.54) is 60.9 Å². The van der Waals surface area contributed by atoms with Gasteiger partial charge in [0, 0.05) is 17.6 Å². The highest BCUT2D eigenvalue weighted by Crippen LogP contribution is 2.55. The van der Waals surface area contributed by atoms with E-state index in [4.69, 9.17) is 0 Å². The number of aromatic amines is 1. The van der Waals surface area contributed by atoms with E-state index in [9.17, 15) is 0 Å². The first kappa shape index (κ1) is 14.7. The first-order valence-corrected chi connectivity index (χ1v) is 9.53. The predicted molar refractivity (Wildman–Crippen MR) is 96.5 cm³/mol. The quantitative estimate of drug-likeness (QED) is 0.874. The van der Waals surface area contributed by atoms with Crippen molar-refractivity contribution in [2.75, 3.05) is 0 Å². The summed E-state index contributed by atoms with van der Waals surface area (Å²) in [5.41, 5.74) is 5.42. The molecule has 0 unspecified atom stereocenters. The van der Waals surface area contributed by atoms with Crippen molar-refractivity contribution in [3.8, 4) is 11.3 Å². The molecular weight excluding hydrogens is 294 g/mol. The Kier molecular flexibility index (Phi) is 3.34. The van der Waals surface area contributed by atoms with Crippen molar-refractivity contribution in [2.24, 2.45) is 17.8 Å². The van der Waals surface area contributed by atoms with Gasteiger partial charge < -0.3 is 5.32 Å². The summed E-state index contributed by atoms with van der Waals surface area (Å²) in [6, 6.07) is 8.73. The fraction of sp³-hybridized carbons (Fsp3) is 0.571. The van der Waals surface area contributed by atoms with Crippen molar-refractivity contribution >= 4 is 0 Å². The number of aromatic nitrogens is 2. The van der Waals surface area contributed by atoms with Crippen LogP contribution in [0.4, 0.5) is 0 Å². The molecule has 0 amide bonds. The van der Waals surface area contributed by atoms with Gasteiger partial charge in [0.15, 0.2) is 0 Å². The van der Waals surface area contributed by atoms with Gasteiger partial charge >= 0.3 is 0 Å². The van der Waals surface area contributed by atoms with Crippen LogP contribution in [0.2, 0.25) is 0 Å². The molecule has 2 N–H and O–H groups in total. The lowest BCUT2D eigenvalue weighted by atomic mass is 9.53. The molecule has 126 valence electrons. The highest BCUT2D eigenvalue weighted by molar-refractivity contribution is 5.62. The molecule has 0 saturated heterocycles. The minimum Gasteiger partial charge on any atom is -0.307 e. The number of nitrogens with one attached hydrogen (secondary N) is 2. The summed E-state index contributed by atoms with van der Waals surface area (Å²) in [5.74, 6) is 2.97. The van der Waals surface area contributed by atoms with Crippen LogP contribution in [0.3, 0.4) is 0 Å². The van der Waals surface area contributed by atoms with E-state index in [1.54, 1.807) is 0 Å². The Hall–Kier alpha value is -1.61. The normalized spacial score (nSPS) is 34.0. The minimum absolute atomic E-state index is 0.413. The van der Waals surface area contributed by atoms with Crippen molar-refractivity contribution in [1.82, 2.24) is 15.5 Å². The standard InChI is InChI=1S/C21H27N3/c1-14-2-4-18(5-3-14)20-19(13-23-24-20)12-22-21-9-15-6-16(10-21)8-17(7-15)11-21/h2-5,13,15-17,22H,6-12H2,1H3,(H,23,24). The maximum atomic E-state index is 4.32. The number of rotatable bonds is 4. The van der Waals surface area contributed by atoms with Crippen molar-refractivity contribution < 1.29 is 0 Å². The van der Waals surface area contributed by atoms with Crippen LogP contribution in [0.15, 0.2) is 30.5 Å². The van der Waals surface area contributed by atoms with E-state index in [1.807, 2.05) is 6.20 Å². The average molecular weight is 321 g/mol. The van der Waals surface area contributed by atoms with Crippen LogP contribution in [0.25, 0.3) is 11.3 Å². The monoisotopic (exact) mass is 321 g/mol. The Labute approximate surface area is 144 Å². The highest BCUT2D eigenvalue weighted by Gasteiger charge is 2.50. The third-order valence-electron chi connectivity index (χ3n) is 6.75. The zero-order chi connectivity index (χ0) is 16.1. The molecule has 24 heavy (non-hydrogen) atoms. The van der Waals surface area contributed by atoms with Gasteiger partial charge in [-0.25, -0.2) is 0 Å². The molecule has 1 aromatic heterocycles. The molecular formula is C21H27N3. The van der Waals surface area contributed by atoms with E-state index in [-0.39, 0.29) is 0 Å². The third kappa shape index (κ3) is 2.50. The van der Waals surface area contributed by atoms with Gasteiger partial charge in [0.1, 0.15) is 0 Å². The van der Waals surface area contributed by atoms with E-state index >= 15 is 0 Å². The molecule has 4 bridgehead atoms. The van der Waals surface area contributed by atoms with Gasteiger partial charge in [0.2, 0.25) is 0 Å². The number of benzene rings is 1. The van der Waals surface area contributed by atoms with Gasteiger partial charge in [-0.1, -0.05) is 29.8 Å². The van der Waals surface area contributed by atoms with Crippen LogP contribution < -0.4 is 5.32 Å². The molecule has 3 heteroatoms. The molecule has 1 aromatic carbocycles. The van der Waals surface area contributed by atoms with Crippen LogP contribution in [0, 0.1) is 24.7 Å². The molecule has 6 rings (SSSR count). The zero-order valence-electron chi connectivity index (χ0n) is 14.5. The molecule has 1 heterocycles. The first-order chi connectivity index (χ1) is 11.7. The topological polar surface area (TPSA) is 40.7 Å². The molecule has 0 spiro atoms. The lowest BCUT2D eigenvalue weighted by Gasteiger charge is -2.57. The minimum atomic E-state index is 0.413. The average Bonchev–Trinajstić information content (AvgIpc) is 3.01. The van der Waals surface area contributed by atoms with Crippen LogP contribution in [0.5, 0.6) is 0 Å². The Morgan fingerprint density at radius 2 is 1.67 bits per heavy atom. The lowest BCUT2D eigenvalue weighted by molar-refractivity contribution is -0.0205. The second-order valence-electron chi connectivity index (χ2n) is 8.69. The molecule has 4 aliphatic carbocycles. The van der Waals surface area contributed by atoms with Crippen molar-refractivity contribution in [3.63, 3.8) is 0 Å². The summed E-state index contributed by atoms with van der Waals surface area (Å²) in [5, 5.41) is 11.5. The van der Waals surface area contributed by atoms with E-state index in [0.29, 0.717) is 5.54 Å². The second kappa shape index (κ2) is 5.45. The number of H-pyrrole nitrogens is 1. The molecule has 0 atom stereocenters. The molecule has 4 saturated carbocycles. The second-order valence-corrected chi connectivity index (χ2v) is 8.69. The van der Waals surface area contributed by atoms with Crippen molar-refractivity contribution in [1.29, 1.82) is 0 Å². The molecule has 2 aromatic rings. The predicted octanol–water partition coefficient (Wildman–Crippen LogP) is 4.44. The van der Waals surface area contributed by atoms with E-state index < -0.39 is 0 Å². The molecule has 0 aliphatic heterocycles. The number of aryl methyl sites for hydroxylation is 1. The molecule has 4 aliphatic rings. The number of hydrogen-bond acceptors (Lipinski definition) is 2. The zero-order valence-corrected chi connectivity index (χ0v) is 14.5. The van der Waals surface area contributed by atoms with Gasteiger partial charge in [0.05, 0.1) is 11.9 Å². The highest BCUT2D eigenvalue weighted by atomic mass is 15.1. The van der Waals surface area contributed by atoms with Gasteiger partial charge in [-0.3, -0.25) is 5.10 Å². The van der Waals surface area contributed by atoms with Crippen LogP contribution in [0.1, 0.15) is 49.7 Å². The van der Waals surface area contributed by atoms with Crippen LogP contribution >= 0.6 is 0 Å².